The number of rotatable bonds is 46. The van der Waals surface area contributed by atoms with Gasteiger partial charge in [0.05, 0.1) is 52.1 Å². The summed E-state index contributed by atoms with van der Waals surface area (Å²) < 4.78 is 16.6. The molecule has 9 atom stereocenters. The van der Waals surface area contributed by atoms with E-state index in [2.05, 4.69) is 63.8 Å². The third-order valence-corrected chi connectivity index (χ3v) is 13.6. The molecular formula is C54H97N15O16. The molecule has 0 aromatic rings. The number of nitrogens with one attached hydrogen (secondary N) is 12. The molecule has 31 nitrogen and oxygen atoms in total. The Morgan fingerprint density at radius 1 is 0.565 bits per heavy atom. The van der Waals surface area contributed by atoms with E-state index in [1.807, 2.05) is 6.92 Å². The van der Waals surface area contributed by atoms with Crippen molar-refractivity contribution in [1.29, 1.82) is 0 Å². The van der Waals surface area contributed by atoms with Crippen LogP contribution < -0.4 is 75.3 Å². The second kappa shape index (κ2) is 43.5. The van der Waals surface area contributed by atoms with Gasteiger partial charge in [-0.3, -0.25) is 62.3 Å². The monoisotopic (exact) mass is 1210 g/mol. The maximum atomic E-state index is 13.8. The molecule has 1 heterocycles. The first-order valence-corrected chi connectivity index (χ1v) is 29.2. The highest BCUT2D eigenvalue weighted by molar-refractivity contribution is 5.98. The average molecular weight is 1210 g/mol. The van der Waals surface area contributed by atoms with Gasteiger partial charge in [0.25, 0.3) is 0 Å². The molecule has 0 spiro atoms. The fourth-order valence-corrected chi connectivity index (χ4v) is 8.20. The zero-order valence-corrected chi connectivity index (χ0v) is 50.7. The first-order chi connectivity index (χ1) is 40.4. The van der Waals surface area contributed by atoms with Crippen LogP contribution in [0.25, 0.3) is 0 Å². The number of hydrogen-bond donors (Lipinski definition) is 14. The number of nitrogens with two attached hydrogens (primary N) is 2. The molecule has 1 aliphatic rings. The average Bonchev–Trinajstić information content (AvgIpc) is 3.49. The third-order valence-electron chi connectivity index (χ3n) is 13.6. The van der Waals surface area contributed by atoms with Gasteiger partial charge in [0.15, 0.2) is 0 Å². The highest BCUT2D eigenvalue weighted by atomic mass is 16.5. The molecule has 0 aromatic carbocycles. The van der Waals surface area contributed by atoms with E-state index in [1.54, 1.807) is 34.7 Å². The van der Waals surface area contributed by atoms with Crippen molar-refractivity contribution in [2.45, 2.75) is 161 Å². The predicted molar refractivity (Wildman–Crippen MR) is 310 cm³/mol. The van der Waals surface area contributed by atoms with Crippen LogP contribution in [0, 0.1) is 11.8 Å². The molecule has 1 fully saturated rings. The first-order valence-electron chi connectivity index (χ1n) is 29.2. The van der Waals surface area contributed by atoms with Crippen LogP contribution in [0.2, 0.25) is 0 Å². The number of unbranched alkanes of at least 4 members (excludes halogenated alkanes) is 1. The van der Waals surface area contributed by atoms with Gasteiger partial charge in [-0.1, -0.05) is 34.1 Å². The van der Waals surface area contributed by atoms with Crippen LogP contribution in [0.3, 0.4) is 0 Å². The lowest BCUT2D eigenvalue weighted by atomic mass is 9.97. The van der Waals surface area contributed by atoms with Crippen molar-refractivity contribution in [3.05, 3.63) is 0 Å². The number of amides is 13. The van der Waals surface area contributed by atoms with Crippen molar-refractivity contribution in [1.82, 2.24) is 68.7 Å². The summed E-state index contributed by atoms with van der Waals surface area (Å²) in [6.45, 7) is 13.2. The molecule has 13 amide bonds. The van der Waals surface area contributed by atoms with E-state index in [1.165, 1.54) is 18.7 Å². The lowest BCUT2D eigenvalue weighted by molar-refractivity contribution is -0.143. The molecule has 0 radical (unpaired) electrons. The summed E-state index contributed by atoms with van der Waals surface area (Å²) in [6, 6.07) is -7.88. The van der Waals surface area contributed by atoms with Crippen LogP contribution >= 0.6 is 0 Å². The van der Waals surface area contributed by atoms with Crippen LogP contribution in [-0.2, 0) is 76.5 Å². The topological polar surface area (TPSA) is 449 Å². The number of carbonyl (C=O) groups excluding carboxylic acids is 13. The number of nitrogens with zero attached hydrogens (tertiary/aromatic N) is 1. The summed E-state index contributed by atoms with van der Waals surface area (Å²) in [5.41, 5.74) is 10.9. The maximum absolute atomic E-state index is 13.8. The standard InChI is InChI=1S/C54H97N15O16/c1-9-34(4)46(68-52(80)40-16-12-22-69(40)54(82)45(33(2)3)67-48(76)35(5)57-8)53(81)64-37(7)49(77)66-39(17-18-41(56)71)51(79)62-30-42(72)59-20-13-23-83-25-27-85-28-26-84-24-14-21-60-50(78)38(15-10-11-19-55)65-44(74)31-61-47(75)36(6)63-43(73)29-58-32-70/h32-40,45-46,57H,9-31,55H2,1-8H3,(H2,56,71)(H,58,70)(H,59,72)(H,60,78)(H,61,75)(H,62,79)(H,63,73)(H,64,81)(H,65,74)(H,66,77)(H,67,76)(H,68,80)/t34-,35-,36-,37-,38-,39?,40-,45?,46?/m0/s1. The van der Waals surface area contributed by atoms with Gasteiger partial charge in [0.1, 0.15) is 42.3 Å². The summed E-state index contributed by atoms with van der Waals surface area (Å²) in [5, 5.41) is 30.9. The lowest BCUT2D eigenvalue weighted by Gasteiger charge is -2.32. The van der Waals surface area contributed by atoms with E-state index in [9.17, 15) is 62.3 Å². The Morgan fingerprint density at radius 2 is 1.12 bits per heavy atom. The Bertz CT molecular complexity index is 2160. The maximum Gasteiger partial charge on any atom is 0.246 e. The highest BCUT2D eigenvalue weighted by Gasteiger charge is 2.41. The van der Waals surface area contributed by atoms with Crippen molar-refractivity contribution in [2.24, 2.45) is 23.3 Å². The number of hydrogen-bond acceptors (Lipinski definition) is 18. The van der Waals surface area contributed by atoms with Gasteiger partial charge in [0.2, 0.25) is 77.3 Å². The molecule has 0 bridgehead atoms. The molecule has 1 rings (SSSR count). The van der Waals surface area contributed by atoms with E-state index >= 15 is 0 Å². The zero-order chi connectivity index (χ0) is 63.9. The van der Waals surface area contributed by atoms with E-state index in [4.69, 9.17) is 25.7 Å². The molecule has 3 unspecified atom stereocenters. The van der Waals surface area contributed by atoms with Crippen molar-refractivity contribution in [2.75, 3.05) is 92.5 Å². The van der Waals surface area contributed by atoms with Crippen LogP contribution in [0.4, 0.5) is 0 Å². The van der Waals surface area contributed by atoms with Crippen LogP contribution in [-0.4, -0.2) is 223 Å². The predicted octanol–water partition coefficient (Wildman–Crippen LogP) is -5.33. The zero-order valence-electron chi connectivity index (χ0n) is 50.7. The van der Waals surface area contributed by atoms with Gasteiger partial charge in [-0.05, 0) is 97.6 Å². The van der Waals surface area contributed by atoms with Gasteiger partial charge in [-0.2, -0.15) is 0 Å². The minimum absolute atomic E-state index is 0.212. The molecule has 0 aliphatic carbocycles. The highest BCUT2D eigenvalue weighted by Crippen LogP contribution is 2.22. The molecule has 16 N–H and O–H groups in total. The number of ether oxygens (including phenoxy) is 3. The lowest BCUT2D eigenvalue weighted by Crippen LogP contribution is -2.60. The summed E-state index contributed by atoms with van der Waals surface area (Å²) >= 11 is 0. The van der Waals surface area contributed by atoms with E-state index in [0.717, 1.165) is 0 Å². The Kier molecular flexibility index (Phi) is 38.9. The van der Waals surface area contributed by atoms with Crippen LogP contribution in [0.15, 0.2) is 0 Å². The summed E-state index contributed by atoms with van der Waals surface area (Å²) in [7, 11) is 1.62. The minimum atomic E-state index is -1.32. The number of likely N-dealkylation sites (N-methyl/N-ethyl adjacent to an activating group) is 1. The Morgan fingerprint density at radius 3 is 1.71 bits per heavy atom. The van der Waals surface area contributed by atoms with Gasteiger partial charge >= 0.3 is 0 Å². The van der Waals surface area contributed by atoms with Crippen molar-refractivity contribution < 1.29 is 76.5 Å². The Balaban J connectivity index is 2.48. The second-order valence-corrected chi connectivity index (χ2v) is 20.9. The molecule has 0 aromatic heterocycles. The third kappa shape index (κ3) is 31.6. The van der Waals surface area contributed by atoms with E-state index in [0.29, 0.717) is 70.9 Å². The normalized spacial score (nSPS) is 15.6. The molecule has 1 aliphatic heterocycles. The number of likely N-dealkylation sites (tertiary alicyclic amines) is 1. The van der Waals surface area contributed by atoms with Crippen LogP contribution in [0.5, 0.6) is 0 Å². The smallest absolute Gasteiger partial charge is 0.246 e. The van der Waals surface area contributed by atoms with E-state index in [-0.39, 0.29) is 83.9 Å². The van der Waals surface area contributed by atoms with Gasteiger partial charge in [-0.15, -0.1) is 0 Å². The quantitative estimate of drug-likeness (QED) is 0.0200. The second-order valence-electron chi connectivity index (χ2n) is 20.9. The van der Waals surface area contributed by atoms with Crippen LogP contribution in [0.1, 0.15) is 113 Å². The molecule has 0 saturated carbocycles. The largest absolute Gasteiger partial charge is 0.379 e. The Hall–Kier alpha value is -7.09. The number of primary amides is 1. The fraction of sp³-hybridized carbons (Fsp3) is 0.759. The number of carbonyl (C=O) groups is 13. The molecular weight excluding hydrogens is 1110 g/mol. The first kappa shape index (κ1) is 75.9. The van der Waals surface area contributed by atoms with Gasteiger partial charge in [-0.25, -0.2) is 0 Å². The van der Waals surface area contributed by atoms with Gasteiger partial charge < -0.3 is 94.4 Å². The molecule has 85 heavy (non-hydrogen) atoms. The van der Waals surface area contributed by atoms with Crippen molar-refractivity contribution >= 4 is 77.3 Å². The fourth-order valence-electron chi connectivity index (χ4n) is 8.20. The SMILES string of the molecule is CC[C@H](C)C(NC(=O)[C@@H]1CCCN1C(=O)C(NC(=O)[C@H](C)NC)C(C)C)C(=O)N[C@@H](C)C(=O)NC(CCC(N)=O)C(=O)NCC(=O)NCCCOCCOCCOCCCNC(=O)[C@H](CCCCN)NC(=O)CNC(=O)[C@H](C)NC(=O)CNC=O. The summed E-state index contributed by atoms with van der Waals surface area (Å²) in [6.07, 6.45) is 3.59. The van der Waals surface area contributed by atoms with E-state index < -0.39 is 132 Å². The van der Waals surface area contributed by atoms with Crippen molar-refractivity contribution in [3.8, 4) is 0 Å². The molecule has 484 valence electrons. The minimum Gasteiger partial charge on any atom is -0.379 e. The van der Waals surface area contributed by atoms with Crippen molar-refractivity contribution in [3.63, 3.8) is 0 Å². The molecule has 31 heteroatoms. The Labute approximate surface area is 498 Å². The molecule has 1 saturated heterocycles. The summed E-state index contributed by atoms with van der Waals surface area (Å²) in [5.74, 6) is -7.86. The van der Waals surface area contributed by atoms with Gasteiger partial charge in [0, 0.05) is 39.3 Å². The summed E-state index contributed by atoms with van der Waals surface area (Å²) in [4.78, 5) is 166.